The van der Waals surface area contributed by atoms with Gasteiger partial charge in [-0.1, -0.05) is 43.5 Å². The highest BCUT2D eigenvalue weighted by Crippen LogP contribution is 2.32. The summed E-state index contributed by atoms with van der Waals surface area (Å²) in [6.45, 7) is 0.765. The van der Waals surface area contributed by atoms with E-state index >= 15 is 0 Å². The summed E-state index contributed by atoms with van der Waals surface area (Å²) in [6.07, 6.45) is 6.48. The Kier molecular flexibility index (Phi) is 6.47. The summed E-state index contributed by atoms with van der Waals surface area (Å²) in [7, 11) is 0. The number of amidine groups is 1. The number of carbonyl (C=O) groups excluding carboxylic acids is 1. The summed E-state index contributed by atoms with van der Waals surface area (Å²) in [5.41, 5.74) is 8.11. The lowest BCUT2D eigenvalue weighted by Crippen LogP contribution is -2.28. The Morgan fingerprint density at radius 3 is 2.52 bits per heavy atom. The lowest BCUT2D eigenvalue weighted by molar-refractivity contribution is 0.0947. The Morgan fingerprint density at radius 1 is 1.07 bits per heavy atom. The topological polar surface area (TPSA) is 88.2 Å². The van der Waals surface area contributed by atoms with Gasteiger partial charge in [-0.2, -0.15) is 0 Å². The van der Waals surface area contributed by atoms with Gasteiger partial charge in [-0.15, -0.1) is 0 Å². The molecular weight excluding hydrogens is 338 g/mol. The van der Waals surface area contributed by atoms with Crippen LogP contribution >= 0.6 is 0 Å². The van der Waals surface area contributed by atoms with Gasteiger partial charge in [0.25, 0.3) is 5.91 Å². The first-order valence-electron chi connectivity index (χ1n) is 9.59. The summed E-state index contributed by atoms with van der Waals surface area (Å²) in [6, 6.07) is 15.1. The summed E-state index contributed by atoms with van der Waals surface area (Å²) >= 11 is 0. The minimum Gasteiger partial charge on any atom is -0.492 e. The number of hydrogen-bond donors (Lipinski definition) is 3. The molecule has 0 bridgehead atoms. The molecule has 0 aromatic heterocycles. The molecule has 0 atom stereocenters. The molecule has 3 rings (SSSR count). The Morgan fingerprint density at radius 2 is 1.81 bits per heavy atom. The van der Waals surface area contributed by atoms with E-state index in [0.29, 0.717) is 35.9 Å². The van der Waals surface area contributed by atoms with Crippen LogP contribution in [0.2, 0.25) is 0 Å². The second-order valence-electron chi connectivity index (χ2n) is 7.00. The smallest absolute Gasteiger partial charge is 0.251 e. The molecule has 5 nitrogen and oxygen atoms in total. The van der Waals surface area contributed by atoms with Crippen LogP contribution < -0.4 is 15.8 Å². The van der Waals surface area contributed by atoms with Gasteiger partial charge in [0.15, 0.2) is 0 Å². The van der Waals surface area contributed by atoms with E-state index in [0.717, 1.165) is 0 Å². The number of nitrogens with one attached hydrogen (secondary N) is 2. The zero-order chi connectivity index (χ0) is 19.1. The third-order valence-corrected chi connectivity index (χ3v) is 5.05. The molecule has 0 heterocycles. The van der Waals surface area contributed by atoms with Crippen molar-refractivity contribution in [2.75, 3.05) is 13.2 Å². The molecule has 0 saturated heterocycles. The average Bonchev–Trinajstić information content (AvgIpc) is 2.72. The van der Waals surface area contributed by atoms with Crippen molar-refractivity contribution in [1.29, 1.82) is 5.41 Å². The van der Waals surface area contributed by atoms with Gasteiger partial charge < -0.3 is 15.8 Å². The second kappa shape index (κ2) is 9.21. The minimum atomic E-state index is -0.0914. The van der Waals surface area contributed by atoms with Crippen molar-refractivity contribution in [1.82, 2.24) is 5.32 Å². The first kappa shape index (κ1) is 19.0. The molecule has 2 aromatic carbocycles. The maximum atomic E-state index is 12.3. The van der Waals surface area contributed by atoms with Crippen LogP contribution in [0.4, 0.5) is 0 Å². The number of benzene rings is 2. The van der Waals surface area contributed by atoms with Crippen molar-refractivity contribution in [3.05, 3.63) is 65.2 Å². The third kappa shape index (κ3) is 5.33. The van der Waals surface area contributed by atoms with Crippen LogP contribution in [0.15, 0.2) is 48.5 Å². The van der Waals surface area contributed by atoms with E-state index < -0.39 is 0 Å². The SMILES string of the molecule is N=C(N)c1cccc(OCCNC(=O)c2ccc(C3CCCCC3)cc2)c1. The predicted octanol–water partition coefficient (Wildman–Crippen LogP) is 3.83. The van der Waals surface area contributed by atoms with Crippen molar-refractivity contribution < 1.29 is 9.53 Å². The summed E-state index contributed by atoms with van der Waals surface area (Å²) in [5.74, 6) is 1.19. The van der Waals surface area contributed by atoms with E-state index in [2.05, 4.69) is 17.4 Å². The van der Waals surface area contributed by atoms with E-state index in [4.69, 9.17) is 15.9 Å². The van der Waals surface area contributed by atoms with Crippen molar-refractivity contribution in [2.24, 2.45) is 5.73 Å². The highest BCUT2D eigenvalue weighted by atomic mass is 16.5. The molecule has 142 valence electrons. The van der Waals surface area contributed by atoms with Crippen LogP contribution in [0.5, 0.6) is 5.75 Å². The number of rotatable bonds is 7. The van der Waals surface area contributed by atoms with E-state index in [9.17, 15) is 4.79 Å². The molecule has 1 saturated carbocycles. The van der Waals surface area contributed by atoms with Crippen LogP contribution in [0, 0.1) is 5.41 Å². The zero-order valence-electron chi connectivity index (χ0n) is 15.5. The lowest BCUT2D eigenvalue weighted by Gasteiger charge is -2.22. The molecule has 5 heteroatoms. The third-order valence-electron chi connectivity index (χ3n) is 5.05. The fourth-order valence-corrected chi connectivity index (χ4v) is 3.53. The van der Waals surface area contributed by atoms with E-state index in [1.165, 1.54) is 37.7 Å². The molecule has 0 unspecified atom stereocenters. The van der Waals surface area contributed by atoms with Crippen molar-refractivity contribution in [3.63, 3.8) is 0 Å². The number of amides is 1. The van der Waals surface area contributed by atoms with Crippen molar-refractivity contribution in [2.45, 2.75) is 38.0 Å². The van der Waals surface area contributed by atoms with Crippen LogP contribution in [0.3, 0.4) is 0 Å². The summed E-state index contributed by atoms with van der Waals surface area (Å²) < 4.78 is 5.61. The maximum absolute atomic E-state index is 12.3. The molecule has 1 aliphatic carbocycles. The second-order valence-corrected chi connectivity index (χ2v) is 7.00. The van der Waals surface area contributed by atoms with Crippen LogP contribution in [-0.4, -0.2) is 24.9 Å². The first-order chi connectivity index (χ1) is 13.1. The van der Waals surface area contributed by atoms with Crippen LogP contribution in [0.1, 0.15) is 59.5 Å². The molecule has 27 heavy (non-hydrogen) atoms. The van der Waals surface area contributed by atoms with Gasteiger partial charge in [0, 0.05) is 11.1 Å². The Bertz CT molecular complexity index is 780. The highest BCUT2D eigenvalue weighted by molar-refractivity contribution is 5.95. The maximum Gasteiger partial charge on any atom is 0.251 e. The number of ether oxygens (including phenoxy) is 1. The van der Waals surface area contributed by atoms with E-state index in [-0.39, 0.29) is 11.7 Å². The standard InChI is InChI=1S/C22H27N3O2/c23-21(24)19-7-4-8-20(15-19)27-14-13-25-22(26)18-11-9-17(10-12-18)16-5-2-1-3-6-16/h4,7-12,15-16H,1-3,5-6,13-14H2,(H3,23,24)(H,25,26). The van der Waals surface area contributed by atoms with Gasteiger partial charge in [-0.25, -0.2) is 0 Å². The Labute approximate surface area is 160 Å². The quantitative estimate of drug-likeness (QED) is 0.396. The largest absolute Gasteiger partial charge is 0.492 e. The molecule has 2 aromatic rings. The molecule has 0 aliphatic heterocycles. The molecule has 1 amide bonds. The van der Waals surface area contributed by atoms with Gasteiger partial charge in [-0.05, 0) is 48.6 Å². The van der Waals surface area contributed by atoms with Gasteiger partial charge in [0.05, 0.1) is 6.54 Å². The molecular formula is C22H27N3O2. The van der Waals surface area contributed by atoms with Gasteiger partial charge in [0.2, 0.25) is 0 Å². The summed E-state index contributed by atoms with van der Waals surface area (Å²) in [4.78, 5) is 12.3. The molecule has 4 N–H and O–H groups in total. The monoisotopic (exact) mass is 365 g/mol. The number of hydrogen-bond acceptors (Lipinski definition) is 3. The Hall–Kier alpha value is -2.82. The number of nitrogen functional groups attached to an aromatic ring is 1. The molecule has 0 radical (unpaired) electrons. The van der Waals surface area contributed by atoms with E-state index in [1.54, 1.807) is 24.3 Å². The zero-order valence-corrected chi connectivity index (χ0v) is 15.5. The van der Waals surface area contributed by atoms with Gasteiger partial charge >= 0.3 is 0 Å². The average molecular weight is 365 g/mol. The van der Waals surface area contributed by atoms with E-state index in [1.807, 2.05) is 12.1 Å². The normalized spacial score (nSPS) is 14.5. The van der Waals surface area contributed by atoms with Crippen LogP contribution in [0.25, 0.3) is 0 Å². The molecule has 0 spiro atoms. The highest BCUT2D eigenvalue weighted by Gasteiger charge is 2.15. The number of carbonyl (C=O) groups is 1. The van der Waals surface area contributed by atoms with Crippen molar-refractivity contribution in [3.8, 4) is 5.75 Å². The molecule has 1 fully saturated rings. The minimum absolute atomic E-state index is 0.00502. The molecule has 1 aliphatic rings. The van der Waals surface area contributed by atoms with Crippen molar-refractivity contribution >= 4 is 11.7 Å². The Balaban J connectivity index is 1.45. The lowest BCUT2D eigenvalue weighted by atomic mass is 9.84. The van der Waals surface area contributed by atoms with Crippen LogP contribution in [-0.2, 0) is 0 Å². The fourth-order valence-electron chi connectivity index (χ4n) is 3.53. The number of nitrogens with two attached hydrogens (primary N) is 1. The first-order valence-corrected chi connectivity index (χ1v) is 9.59. The fraction of sp³-hybridized carbons (Fsp3) is 0.364. The van der Waals surface area contributed by atoms with Gasteiger partial charge in [-0.3, -0.25) is 10.2 Å². The van der Waals surface area contributed by atoms with Gasteiger partial charge in [0.1, 0.15) is 18.2 Å². The predicted molar refractivity (Wildman–Crippen MR) is 108 cm³/mol. The summed E-state index contributed by atoms with van der Waals surface area (Å²) in [5, 5.41) is 10.3.